The number of halogens is 1. The summed E-state index contributed by atoms with van der Waals surface area (Å²) in [6.45, 7) is 3.35. The van der Waals surface area contributed by atoms with Crippen molar-refractivity contribution in [1.29, 1.82) is 0 Å². The van der Waals surface area contributed by atoms with E-state index in [1.54, 1.807) is 24.3 Å². The van der Waals surface area contributed by atoms with Gasteiger partial charge in [0.05, 0.1) is 32.6 Å². The zero-order valence-corrected chi connectivity index (χ0v) is 14.4. The first-order chi connectivity index (χ1) is 8.21. The SMILES string of the molecule is Cc1ccc(S(=O)(=O)NCCC[N+](C)(C)C)cc1.[Br-]. The number of rotatable bonds is 6. The van der Waals surface area contributed by atoms with E-state index in [2.05, 4.69) is 25.9 Å². The fraction of sp³-hybridized carbons (Fsp3) is 0.538. The minimum atomic E-state index is -3.35. The van der Waals surface area contributed by atoms with Gasteiger partial charge in [0.25, 0.3) is 0 Å². The molecule has 6 heteroatoms. The van der Waals surface area contributed by atoms with Crippen molar-refractivity contribution < 1.29 is 29.9 Å². The van der Waals surface area contributed by atoms with Crippen LogP contribution >= 0.6 is 0 Å². The maximum atomic E-state index is 12.0. The molecule has 19 heavy (non-hydrogen) atoms. The summed E-state index contributed by atoms with van der Waals surface area (Å²) in [6, 6.07) is 6.89. The van der Waals surface area contributed by atoms with Gasteiger partial charge in [-0.25, -0.2) is 13.1 Å². The fourth-order valence-electron chi connectivity index (χ4n) is 1.56. The number of hydrogen-bond donors (Lipinski definition) is 1. The van der Waals surface area contributed by atoms with Crippen LogP contribution in [0.5, 0.6) is 0 Å². The molecule has 0 aliphatic rings. The van der Waals surface area contributed by atoms with Crippen LogP contribution in [0.1, 0.15) is 12.0 Å². The molecule has 110 valence electrons. The van der Waals surface area contributed by atoms with Crippen LogP contribution < -0.4 is 21.7 Å². The number of quaternary nitrogens is 1. The van der Waals surface area contributed by atoms with Crippen LogP contribution in [0.3, 0.4) is 0 Å². The van der Waals surface area contributed by atoms with E-state index < -0.39 is 10.0 Å². The van der Waals surface area contributed by atoms with Gasteiger partial charge >= 0.3 is 0 Å². The Hall–Kier alpha value is -0.430. The number of benzene rings is 1. The van der Waals surface area contributed by atoms with E-state index >= 15 is 0 Å². The zero-order valence-electron chi connectivity index (χ0n) is 12.0. The van der Waals surface area contributed by atoms with E-state index in [0.29, 0.717) is 11.4 Å². The van der Waals surface area contributed by atoms with E-state index in [9.17, 15) is 8.42 Å². The third-order valence-corrected chi connectivity index (χ3v) is 4.11. The number of hydrogen-bond acceptors (Lipinski definition) is 2. The van der Waals surface area contributed by atoms with Gasteiger partial charge in [-0.15, -0.1) is 0 Å². The molecule has 0 atom stereocenters. The molecular formula is C13H23BrN2O2S. The molecule has 0 amide bonds. The van der Waals surface area contributed by atoms with Gasteiger partial charge in [-0.05, 0) is 19.1 Å². The van der Waals surface area contributed by atoms with E-state index in [0.717, 1.165) is 23.0 Å². The molecule has 0 unspecified atom stereocenters. The smallest absolute Gasteiger partial charge is 0.240 e. The van der Waals surface area contributed by atoms with Gasteiger partial charge in [0.15, 0.2) is 0 Å². The van der Waals surface area contributed by atoms with Crippen LogP contribution in [-0.4, -0.2) is 47.1 Å². The summed E-state index contributed by atoms with van der Waals surface area (Å²) in [6.07, 6.45) is 0.828. The molecule has 0 bridgehead atoms. The van der Waals surface area contributed by atoms with Crippen LogP contribution in [0, 0.1) is 6.92 Å². The number of sulfonamides is 1. The summed E-state index contributed by atoms with van der Waals surface area (Å²) < 4.78 is 27.4. The molecule has 0 fully saturated rings. The normalized spacial score (nSPS) is 12.0. The Morgan fingerprint density at radius 2 is 1.63 bits per heavy atom. The quantitative estimate of drug-likeness (QED) is 0.494. The molecule has 0 radical (unpaired) electrons. The summed E-state index contributed by atoms with van der Waals surface area (Å²) in [4.78, 5) is 0.332. The lowest BCUT2D eigenvalue weighted by molar-refractivity contribution is -0.870. The van der Waals surface area contributed by atoms with Crippen molar-refractivity contribution in [3.05, 3.63) is 29.8 Å². The van der Waals surface area contributed by atoms with Crippen molar-refractivity contribution >= 4 is 10.0 Å². The summed E-state index contributed by atoms with van der Waals surface area (Å²) in [5.74, 6) is 0. The lowest BCUT2D eigenvalue weighted by Crippen LogP contribution is -3.00. The lowest BCUT2D eigenvalue weighted by Gasteiger charge is -2.23. The Bertz CT molecular complexity index is 478. The van der Waals surface area contributed by atoms with E-state index in [1.165, 1.54) is 0 Å². The van der Waals surface area contributed by atoms with E-state index in [-0.39, 0.29) is 17.0 Å². The predicted octanol–water partition coefficient (Wildman–Crippen LogP) is -1.63. The average Bonchev–Trinajstić information content (AvgIpc) is 2.24. The summed E-state index contributed by atoms with van der Waals surface area (Å²) in [7, 11) is 2.92. The first kappa shape index (κ1) is 18.6. The van der Waals surface area contributed by atoms with Crippen LogP contribution in [0.2, 0.25) is 0 Å². The van der Waals surface area contributed by atoms with Gasteiger partial charge in [-0.2, -0.15) is 0 Å². The van der Waals surface area contributed by atoms with E-state index in [4.69, 9.17) is 0 Å². The second-order valence-corrected chi connectivity index (χ2v) is 7.35. The molecule has 0 aromatic heterocycles. The Morgan fingerprint density at radius 3 is 2.11 bits per heavy atom. The Balaban J connectivity index is 0.00000324. The van der Waals surface area contributed by atoms with Crippen molar-refractivity contribution in [2.45, 2.75) is 18.2 Å². The Kier molecular flexibility index (Phi) is 7.21. The molecule has 0 aliphatic carbocycles. The van der Waals surface area contributed by atoms with Gasteiger partial charge in [0.1, 0.15) is 0 Å². The number of nitrogens with one attached hydrogen (secondary N) is 1. The minimum absolute atomic E-state index is 0. The monoisotopic (exact) mass is 350 g/mol. The molecular weight excluding hydrogens is 328 g/mol. The third-order valence-electron chi connectivity index (χ3n) is 2.63. The van der Waals surface area contributed by atoms with Gasteiger partial charge in [0.2, 0.25) is 10.0 Å². The molecule has 1 aromatic carbocycles. The molecule has 1 aromatic rings. The first-order valence-electron chi connectivity index (χ1n) is 6.07. The van der Waals surface area contributed by atoms with Crippen molar-refractivity contribution in [2.75, 3.05) is 34.2 Å². The van der Waals surface area contributed by atoms with E-state index in [1.807, 2.05) is 6.92 Å². The van der Waals surface area contributed by atoms with Gasteiger partial charge in [0, 0.05) is 13.0 Å². The zero-order chi connectivity index (χ0) is 13.8. The topological polar surface area (TPSA) is 46.2 Å². The van der Waals surface area contributed by atoms with Crippen LogP contribution in [-0.2, 0) is 10.0 Å². The first-order valence-corrected chi connectivity index (χ1v) is 7.56. The predicted molar refractivity (Wildman–Crippen MR) is 73.9 cm³/mol. The molecule has 0 heterocycles. The highest BCUT2D eigenvalue weighted by atomic mass is 79.9. The molecule has 0 saturated heterocycles. The van der Waals surface area contributed by atoms with Gasteiger partial charge < -0.3 is 21.5 Å². The summed E-state index contributed by atoms with van der Waals surface area (Å²) in [5, 5.41) is 0. The van der Waals surface area contributed by atoms with Gasteiger partial charge in [-0.1, -0.05) is 17.7 Å². The third kappa shape index (κ3) is 7.06. The maximum absolute atomic E-state index is 12.0. The summed E-state index contributed by atoms with van der Waals surface area (Å²) in [5.41, 5.74) is 1.05. The molecule has 0 saturated carbocycles. The number of nitrogens with zero attached hydrogens (tertiary/aromatic N) is 1. The van der Waals surface area contributed by atoms with Gasteiger partial charge in [-0.3, -0.25) is 0 Å². The minimum Gasteiger partial charge on any atom is -1.00 e. The van der Waals surface area contributed by atoms with Crippen molar-refractivity contribution in [3.63, 3.8) is 0 Å². The lowest BCUT2D eigenvalue weighted by atomic mass is 10.2. The van der Waals surface area contributed by atoms with Crippen molar-refractivity contribution in [2.24, 2.45) is 0 Å². The molecule has 0 spiro atoms. The second-order valence-electron chi connectivity index (χ2n) is 5.58. The van der Waals surface area contributed by atoms with Crippen molar-refractivity contribution in [1.82, 2.24) is 4.72 Å². The highest BCUT2D eigenvalue weighted by Gasteiger charge is 2.13. The van der Waals surface area contributed by atoms with Crippen LogP contribution in [0.25, 0.3) is 0 Å². The second kappa shape index (κ2) is 7.38. The highest BCUT2D eigenvalue weighted by molar-refractivity contribution is 7.89. The number of aryl methyl sites for hydroxylation is 1. The standard InChI is InChI=1S/C13H23N2O2S.BrH/c1-12-6-8-13(9-7-12)18(16,17)14-10-5-11-15(2,3)4;/h6-9,14H,5,10-11H2,1-4H3;1H/q+1;/p-1. The largest absolute Gasteiger partial charge is 1.00 e. The fourth-order valence-corrected chi connectivity index (χ4v) is 2.63. The highest BCUT2D eigenvalue weighted by Crippen LogP contribution is 2.09. The maximum Gasteiger partial charge on any atom is 0.240 e. The summed E-state index contributed by atoms with van der Waals surface area (Å²) >= 11 is 0. The van der Waals surface area contributed by atoms with Crippen molar-refractivity contribution in [3.8, 4) is 0 Å². The molecule has 0 aliphatic heterocycles. The van der Waals surface area contributed by atoms with Crippen LogP contribution in [0.4, 0.5) is 0 Å². The van der Waals surface area contributed by atoms with Crippen LogP contribution in [0.15, 0.2) is 29.2 Å². The Labute approximate surface area is 127 Å². The Morgan fingerprint density at radius 1 is 1.11 bits per heavy atom. The molecule has 4 nitrogen and oxygen atoms in total. The molecule has 1 rings (SSSR count). The average molecular weight is 351 g/mol. The molecule has 1 N–H and O–H groups in total.